The van der Waals surface area contributed by atoms with Gasteiger partial charge in [0.1, 0.15) is 0 Å². The molecule has 1 amide bonds. The molecule has 1 aliphatic heterocycles. The van der Waals surface area contributed by atoms with Crippen molar-refractivity contribution >= 4 is 22.5 Å². The van der Waals surface area contributed by atoms with E-state index in [4.69, 9.17) is 0 Å². The standard InChI is InChI=1S/C13H13F3N4O/c14-13(15,16)12(3-4-17-7-12)11(21)19-9-2-1-8-6-18-20-10(8)5-9/h1-2,5-6,17H,3-4,7H2,(H,18,20)(H,19,21). The van der Waals surface area contributed by atoms with Crippen molar-refractivity contribution in [1.29, 1.82) is 0 Å². The SMILES string of the molecule is O=C(Nc1ccc2cn[nH]c2c1)C1(C(F)(F)F)CCNC1. The second-order valence-corrected chi connectivity index (χ2v) is 5.13. The van der Waals surface area contributed by atoms with Crippen molar-refractivity contribution in [2.45, 2.75) is 12.6 Å². The zero-order valence-corrected chi connectivity index (χ0v) is 10.9. The average molecular weight is 298 g/mol. The van der Waals surface area contributed by atoms with E-state index in [9.17, 15) is 18.0 Å². The van der Waals surface area contributed by atoms with E-state index >= 15 is 0 Å². The van der Waals surface area contributed by atoms with Crippen molar-refractivity contribution in [1.82, 2.24) is 15.5 Å². The van der Waals surface area contributed by atoms with E-state index in [0.29, 0.717) is 11.2 Å². The van der Waals surface area contributed by atoms with Crippen LogP contribution in [0.5, 0.6) is 0 Å². The van der Waals surface area contributed by atoms with E-state index < -0.39 is 24.0 Å². The highest BCUT2D eigenvalue weighted by Gasteiger charge is 2.61. The van der Waals surface area contributed by atoms with Crippen LogP contribution in [0.3, 0.4) is 0 Å². The van der Waals surface area contributed by atoms with Crippen LogP contribution in [-0.4, -0.2) is 35.4 Å². The van der Waals surface area contributed by atoms with Gasteiger partial charge in [0, 0.05) is 17.6 Å². The first kappa shape index (κ1) is 13.9. The molecule has 0 radical (unpaired) electrons. The van der Waals surface area contributed by atoms with Gasteiger partial charge in [0.2, 0.25) is 5.91 Å². The molecular formula is C13H13F3N4O. The molecule has 1 aromatic carbocycles. The Kier molecular flexibility index (Phi) is 3.12. The summed E-state index contributed by atoms with van der Waals surface area (Å²) >= 11 is 0. The summed E-state index contributed by atoms with van der Waals surface area (Å²) in [5.74, 6) is -1.03. The highest BCUT2D eigenvalue weighted by atomic mass is 19.4. The molecular weight excluding hydrogens is 285 g/mol. The van der Waals surface area contributed by atoms with Gasteiger partial charge in [-0.25, -0.2) is 0 Å². The van der Waals surface area contributed by atoms with Crippen LogP contribution >= 0.6 is 0 Å². The van der Waals surface area contributed by atoms with Crippen molar-refractivity contribution in [3.05, 3.63) is 24.4 Å². The van der Waals surface area contributed by atoms with Crippen LogP contribution in [0.2, 0.25) is 0 Å². The molecule has 0 saturated carbocycles. The molecule has 1 atom stereocenters. The molecule has 2 aromatic rings. The maximum atomic E-state index is 13.3. The van der Waals surface area contributed by atoms with Gasteiger partial charge in [0.25, 0.3) is 0 Å². The summed E-state index contributed by atoms with van der Waals surface area (Å²) in [5.41, 5.74) is -1.40. The summed E-state index contributed by atoms with van der Waals surface area (Å²) in [4.78, 5) is 12.2. The number of aromatic nitrogens is 2. The average Bonchev–Trinajstić information content (AvgIpc) is 3.07. The number of nitrogens with zero attached hydrogens (tertiary/aromatic N) is 1. The number of rotatable bonds is 2. The monoisotopic (exact) mass is 298 g/mol. The topological polar surface area (TPSA) is 69.8 Å². The van der Waals surface area contributed by atoms with Gasteiger partial charge in [0.15, 0.2) is 5.41 Å². The maximum Gasteiger partial charge on any atom is 0.404 e. The van der Waals surface area contributed by atoms with Gasteiger partial charge < -0.3 is 10.6 Å². The first-order chi connectivity index (χ1) is 9.92. The summed E-state index contributed by atoms with van der Waals surface area (Å²) in [7, 11) is 0. The Morgan fingerprint density at radius 2 is 2.19 bits per heavy atom. The first-order valence-corrected chi connectivity index (χ1v) is 6.44. The highest BCUT2D eigenvalue weighted by Crippen LogP contribution is 2.43. The lowest BCUT2D eigenvalue weighted by atomic mass is 9.85. The number of nitrogens with one attached hydrogen (secondary N) is 3. The molecule has 3 N–H and O–H groups in total. The van der Waals surface area contributed by atoms with E-state index in [1.54, 1.807) is 24.4 Å². The number of alkyl halides is 3. The summed E-state index contributed by atoms with van der Waals surface area (Å²) in [6.45, 7) is -0.221. The Hall–Kier alpha value is -2.09. The second kappa shape index (κ2) is 4.73. The lowest BCUT2D eigenvalue weighted by molar-refractivity contribution is -0.213. The molecule has 1 saturated heterocycles. The van der Waals surface area contributed by atoms with Crippen molar-refractivity contribution in [2.24, 2.45) is 5.41 Å². The van der Waals surface area contributed by atoms with Crippen molar-refractivity contribution in [3.63, 3.8) is 0 Å². The van der Waals surface area contributed by atoms with E-state index in [1.165, 1.54) is 0 Å². The lowest BCUT2D eigenvalue weighted by Crippen LogP contribution is -2.49. The number of H-pyrrole nitrogens is 1. The minimum Gasteiger partial charge on any atom is -0.325 e. The third-order valence-corrected chi connectivity index (χ3v) is 3.83. The van der Waals surface area contributed by atoms with Gasteiger partial charge in [-0.1, -0.05) is 0 Å². The number of carbonyl (C=O) groups excluding carboxylic acids is 1. The first-order valence-electron chi connectivity index (χ1n) is 6.44. The molecule has 5 nitrogen and oxygen atoms in total. The van der Waals surface area contributed by atoms with Crippen LogP contribution in [0.1, 0.15) is 6.42 Å². The van der Waals surface area contributed by atoms with E-state index in [1.807, 2.05) is 0 Å². The van der Waals surface area contributed by atoms with Gasteiger partial charge in [-0.15, -0.1) is 0 Å². The molecule has 1 fully saturated rings. The predicted molar refractivity (Wildman–Crippen MR) is 70.7 cm³/mol. The smallest absolute Gasteiger partial charge is 0.325 e. The number of fused-ring (bicyclic) bond motifs is 1. The predicted octanol–water partition coefficient (Wildman–Crippen LogP) is 2.04. The van der Waals surface area contributed by atoms with Crippen LogP contribution in [0.25, 0.3) is 10.9 Å². The Bertz CT molecular complexity index is 673. The summed E-state index contributed by atoms with van der Waals surface area (Å²) in [6.07, 6.45) is -3.24. The number of benzene rings is 1. The number of amides is 1. The Morgan fingerprint density at radius 3 is 2.86 bits per heavy atom. The van der Waals surface area contributed by atoms with Gasteiger partial charge in [-0.3, -0.25) is 9.89 Å². The molecule has 0 bridgehead atoms. The van der Waals surface area contributed by atoms with Crippen molar-refractivity contribution in [2.75, 3.05) is 18.4 Å². The van der Waals surface area contributed by atoms with Crippen LogP contribution < -0.4 is 10.6 Å². The summed E-state index contributed by atoms with van der Waals surface area (Å²) in [6, 6.07) is 4.80. The molecule has 1 aromatic heterocycles. The normalized spacial score (nSPS) is 22.6. The van der Waals surface area contributed by atoms with Gasteiger partial charge in [0.05, 0.1) is 11.7 Å². The molecule has 2 heterocycles. The molecule has 8 heteroatoms. The van der Waals surface area contributed by atoms with Gasteiger partial charge in [-0.2, -0.15) is 18.3 Å². The summed E-state index contributed by atoms with van der Waals surface area (Å²) in [5, 5.41) is 12.3. The highest BCUT2D eigenvalue weighted by molar-refractivity contribution is 5.98. The molecule has 112 valence electrons. The van der Waals surface area contributed by atoms with E-state index in [2.05, 4.69) is 20.8 Å². The number of hydrogen-bond donors (Lipinski definition) is 3. The number of halogens is 3. The minimum atomic E-state index is -4.58. The van der Waals surface area contributed by atoms with Crippen LogP contribution in [0.4, 0.5) is 18.9 Å². The number of carbonyl (C=O) groups is 1. The zero-order valence-electron chi connectivity index (χ0n) is 10.9. The molecule has 0 aliphatic carbocycles. The van der Waals surface area contributed by atoms with Crippen LogP contribution in [0.15, 0.2) is 24.4 Å². The largest absolute Gasteiger partial charge is 0.404 e. The van der Waals surface area contributed by atoms with E-state index in [0.717, 1.165) is 5.39 Å². The third kappa shape index (κ3) is 2.25. The van der Waals surface area contributed by atoms with Gasteiger partial charge in [-0.05, 0) is 31.2 Å². The zero-order chi connectivity index (χ0) is 15.1. The number of anilines is 1. The Morgan fingerprint density at radius 1 is 1.38 bits per heavy atom. The summed E-state index contributed by atoms with van der Waals surface area (Å²) < 4.78 is 39.8. The molecule has 21 heavy (non-hydrogen) atoms. The molecule has 1 aliphatic rings. The fourth-order valence-corrected chi connectivity index (χ4v) is 2.52. The Labute approximate surface area is 117 Å². The number of aromatic amines is 1. The quantitative estimate of drug-likeness (QED) is 0.794. The fraction of sp³-hybridized carbons (Fsp3) is 0.385. The van der Waals surface area contributed by atoms with Crippen LogP contribution in [0, 0.1) is 5.41 Å². The third-order valence-electron chi connectivity index (χ3n) is 3.83. The number of hydrogen-bond acceptors (Lipinski definition) is 3. The fourth-order valence-electron chi connectivity index (χ4n) is 2.52. The molecule has 0 spiro atoms. The minimum absolute atomic E-state index is 0.173. The second-order valence-electron chi connectivity index (χ2n) is 5.13. The molecule has 3 rings (SSSR count). The van der Waals surface area contributed by atoms with Crippen LogP contribution in [-0.2, 0) is 4.79 Å². The van der Waals surface area contributed by atoms with Gasteiger partial charge >= 0.3 is 6.18 Å². The van der Waals surface area contributed by atoms with Crippen molar-refractivity contribution < 1.29 is 18.0 Å². The molecule has 1 unspecified atom stereocenters. The Balaban J connectivity index is 1.87. The van der Waals surface area contributed by atoms with E-state index in [-0.39, 0.29) is 13.0 Å². The maximum absolute atomic E-state index is 13.3. The van der Waals surface area contributed by atoms with Crippen molar-refractivity contribution in [3.8, 4) is 0 Å². The lowest BCUT2D eigenvalue weighted by Gasteiger charge is -2.29.